The van der Waals surface area contributed by atoms with Crippen LogP contribution >= 0.6 is 15.9 Å². The van der Waals surface area contributed by atoms with Crippen LogP contribution in [0.2, 0.25) is 0 Å². The van der Waals surface area contributed by atoms with Crippen molar-refractivity contribution in [3.05, 3.63) is 62.9 Å². The van der Waals surface area contributed by atoms with Crippen LogP contribution in [-0.4, -0.2) is 0 Å². The van der Waals surface area contributed by atoms with E-state index in [1.807, 2.05) is 6.92 Å². The van der Waals surface area contributed by atoms with Gasteiger partial charge in [-0.2, -0.15) is 0 Å². The summed E-state index contributed by atoms with van der Waals surface area (Å²) in [6.45, 7) is 1.77. The van der Waals surface area contributed by atoms with Crippen LogP contribution < -0.4 is 5.32 Å². The number of aryl methyl sites for hydroxylation is 1. The third kappa shape index (κ3) is 3.02. The van der Waals surface area contributed by atoms with Gasteiger partial charge in [0.15, 0.2) is 23.3 Å². The van der Waals surface area contributed by atoms with Crippen LogP contribution in [-0.2, 0) is 6.54 Å². The molecule has 0 saturated carbocycles. The molecule has 0 radical (unpaired) electrons. The molecule has 7 heteroatoms. The van der Waals surface area contributed by atoms with E-state index in [1.54, 1.807) is 18.2 Å². The van der Waals surface area contributed by atoms with Crippen LogP contribution in [0.25, 0.3) is 0 Å². The van der Waals surface area contributed by atoms with Crippen molar-refractivity contribution in [1.29, 1.82) is 0 Å². The summed E-state index contributed by atoms with van der Waals surface area (Å²) in [5, 5.41) is 2.24. The van der Waals surface area contributed by atoms with E-state index in [9.17, 15) is 22.0 Å². The van der Waals surface area contributed by atoms with Gasteiger partial charge in [0.2, 0.25) is 5.82 Å². The molecule has 0 fully saturated rings. The van der Waals surface area contributed by atoms with Gasteiger partial charge in [0.05, 0.1) is 0 Å². The van der Waals surface area contributed by atoms with E-state index in [2.05, 4.69) is 21.2 Å². The highest BCUT2D eigenvalue weighted by molar-refractivity contribution is 9.10. The Morgan fingerprint density at radius 2 is 1.43 bits per heavy atom. The summed E-state index contributed by atoms with van der Waals surface area (Å²) in [6, 6.07) is 5.13. The minimum atomic E-state index is -2.17. The van der Waals surface area contributed by atoms with Gasteiger partial charge in [0.1, 0.15) is 5.69 Å². The fourth-order valence-electron chi connectivity index (χ4n) is 1.70. The highest BCUT2D eigenvalue weighted by Crippen LogP contribution is 2.27. The molecule has 0 amide bonds. The molecule has 0 atom stereocenters. The van der Waals surface area contributed by atoms with Crippen molar-refractivity contribution >= 4 is 21.6 Å². The Balaban J connectivity index is 2.30. The summed E-state index contributed by atoms with van der Waals surface area (Å²) < 4.78 is 66.7. The normalized spacial score (nSPS) is 10.8. The molecule has 112 valence electrons. The SMILES string of the molecule is Cc1ccc(CNc2c(F)c(F)c(F)c(F)c2F)cc1Br. The first kappa shape index (κ1) is 15.8. The summed E-state index contributed by atoms with van der Waals surface area (Å²) >= 11 is 3.29. The zero-order chi connectivity index (χ0) is 15.7. The lowest BCUT2D eigenvalue weighted by atomic mass is 10.1. The van der Waals surface area contributed by atoms with Crippen LogP contribution in [0.4, 0.5) is 27.6 Å². The number of hydrogen-bond donors (Lipinski definition) is 1. The van der Waals surface area contributed by atoms with Crippen molar-refractivity contribution < 1.29 is 22.0 Å². The predicted molar refractivity (Wildman–Crippen MR) is 72.4 cm³/mol. The molecule has 1 N–H and O–H groups in total. The fourth-order valence-corrected chi connectivity index (χ4v) is 2.12. The third-order valence-corrected chi connectivity index (χ3v) is 3.77. The maximum absolute atomic E-state index is 13.5. The predicted octanol–water partition coefficient (Wildman–Crippen LogP) is 5.07. The Bertz CT molecular complexity index is 673. The number of rotatable bonds is 3. The van der Waals surface area contributed by atoms with Crippen molar-refractivity contribution in [3.63, 3.8) is 0 Å². The molecule has 0 aliphatic rings. The number of hydrogen-bond acceptors (Lipinski definition) is 1. The van der Waals surface area contributed by atoms with E-state index in [4.69, 9.17) is 0 Å². The van der Waals surface area contributed by atoms with Crippen LogP contribution in [0.15, 0.2) is 22.7 Å². The highest BCUT2D eigenvalue weighted by atomic mass is 79.9. The molecule has 2 aromatic carbocycles. The molecule has 0 aliphatic carbocycles. The monoisotopic (exact) mass is 365 g/mol. The second kappa shape index (κ2) is 6.01. The van der Waals surface area contributed by atoms with E-state index < -0.39 is 34.8 Å². The Labute approximate surface area is 125 Å². The smallest absolute Gasteiger partial charge is 0.200 e. The summed E-state index contributed by atoms with van der Waals surface area (Å²) in [7, 11) is 0. The number of halogens is 6. The minimum absolute atomic E-state index is 0.0861. The summed E-state index contributed by atoms with van der Waals surface area (Å²) in [6.07, 6.45) is 0. The zero-order valence-electron chi connectivity index (χ0n) is 10.7. The fraction of sp³-hybridized carbons (Fsp3) is 0.143. The molecular formula is C14H9BrF5N. The standard InChI is InChI=1S/C14H9BrF5N/c1-6-2-3-7(4-8(6)15)5-21-14-12(19)10(17)9(16)11(18)13(14)20/h2-4,21H,5H2,1H3. The molecule has 0 bridgehead atoms. The second-order valence-electron chi connectivity index (χ2n) is 4.38. The van der Waals surface area contributed by atoms with E-state index in [-0.39, 0.29) is 6.54 Å². The average Bonchev–Trinajstić information content (AvgIpc) is 2.46. The van der Waals surface area contributed by atoms with Gasteiger partial charge in [-0.05, 0) is 24.1 Å². The minimum Gasteiger partial charge on any atom is -0.376 e. The Morgan fingerprint density at radius 1 is 0.905 bits per heavy atom. The molecule has 2 rings (SSSR count). The first-order chi connectivity index (χ1) is 9.82. The third-order valence-electron chi connectivity index (χ3n) is 2.92. The van der Waals surface area contributed by atoms with Crippen molar-refractivity contribution in [2.75, 3.05) is 5.32 Å². The van der Waals surface area contributed by atoms with Crippen molar-refractivity contribution in [2.45, 2.75) is 13.5 Å². The maximum atomic E-state index is 13.5. The van der Waals surface area contributed by atoms with Crippen LogP contribution in [0.5, 0.6) is 0 Å². The summed E-state index contributed by atoms with van der Waals surface area (Å²) in [4.78, 5) is 0. The Hall–Kier alpha value is -1.63. The number of benzene rings is 2. The van der Waals surface area contributed by atoms with Gasteiger partial charge in [0, 0.05) is 11.0 Å². The van der Waals surface area contributed by atoms with Crippen LogP contribution in [0, 0.1) is 36.0 Å². The summed E-state index contributed by atoms with van der Waals surface area (Å²) in [5.41, 5.74) is 0.537. The van der Waals surface area contributed by atoms with E-state index in [0.29, 0.717) is 5.56 Å². The molecule has 0 saturated heterocycles. The van der Waals surface area contributed by atoms with Crippen LogP contribution in [0.1, 0.15) is 11.1 Å². The van der Waals surface area contributed by atoms with E-state index >= 15 is 0 Å². The van der Waals surface area contributed by atoms with Crippen LogP contribution in [0.3, 0.4) is 0 Å². The summed E-state index contributed by atoms with van der Waals surface area (Å²) in [5.74, 6) is -9.87. The topological polar surface area (TPSA) is 12.0 Å². The molecular weight excluding hydrogens is 357 g/mol. The van der Waals surface area contributed by atoms with Gasteiger partial charge in [-0.3, -0.25) is 0 Å². The lowest BCUT2D eigenvalue weighted by molar-refractivity contribution is 0.381. The molecule has 0 spiro atoms. The Morgan fingerprint density at radius 3 is 1.95 bits per heavy atom. The van der Waals surface area contributed by atoms with Gasteiger partial charge < -0.3 is 5.32 Å². The van der Waals surface area contributed by atoms with Crippen molar-refractivity contribution in [3.8, 4) is 0 Å². The molecule has 2 aromatic rings. The lowest BCUT2D eigenvalue weighted by Gasteiger charge is -2.11. The number of nitrogens with one attached hydrogen (secondary N) is 1. The molecule has 0 aromatic heterocycles. The van der Waals surface area contributed by atoms with E-state index in [1.165, 1.54) is 0 Å². The van der Waals surface area contributed by atoms with Gasteiger partial charge in [-0.1, -0.05) is 28.1 Å². The highest BCUT2D eigenvalue weighted by Gasteiger charge is 2.25. The van der Waals surface area contributed by atoms with Gasteiger partial charge in [-0.15, -0.1) is 0 Å². The molecule has 0 unspecified atom stereocenters. The van der Waals surface area contributed by atoms with E-state index in [0.717, 1.165) is 10.0 Å². The van der Waals surface area contributed by atoms with Crippen molar-refractivity contribution in [2.24, 2.45) is 0 Å². The molecule has 21 heavy (non-hydrogen) atoms. The second-order valence-corrected chi connectivity index (χ2v) is 5.24. The Kier molecular flexibility index (Phi) is 4.51. The molecule has 0 heterocycles. The van der Waals surface area contributed by atoms with Crippen molar-refractivity contribution in [1.82, 2.24) is 0 Å². The quantitative estimate of drug-likeness (QED) is 0.455. The first-order valence-electron chi connectivity index (χ1n) is 5.83. The average molecular weight is 366 g/mol. The first-order valence-corrected chi connectivity index (χ1v) is 6.62. The lowest BCUT2D eigenvalue weighted by Crippen LogP contribution is -2.09. The van der Waals surface area contributed by atoms with Gasteiger partial charge >= 0.3 is 0 Å². The number of anilines is 1. The van der Waals surface area contributed by atoms with Gasteiger partial charge in [0.25, 0.3) is 0 Å². The maximum Gasteiger partial charge on any atom is 0.200 e. The molecule has 1 nitrogen and oxygen atoms in total. The molecule has 0 aliphatic heterocycles. The van der Waals surface area contributed by atoms with Gasteiger partial charge in [-0.25, -0.2) is 22.0 Å². The zero-order valence-corrected chi connectivity index (χ0v) is 12.3. The largest absolute Gasteiger partial charge is 0.376 e.